The van der Waals surface area contributed by atoms with E-state index in [0.29, 0.717) is 19.3 Å². The van der Waals surface area contributed by atoms with Crippen molar-refractivity contribution >= 4 is 11.9 Å². The van der Waals surface area contributed by atoms with Gasteiger partial charge in [-0.15, -0.1) is 0 Å². The Morgan fingerprint density at radius 3 is 1.67 bits per heavy atom. The van der Waals surface area contributed by atoms with Gasteiger partial charge in [0.25, 0.3) is 0 Å². The Labute approximate surface area is 178 Å². The summed E-state index contributed by atoms with van der Waals surface area (Å²) in [7, 11) is 6.00. The van der Waals surface area contributed by atoms with Crippen LogP contribution < -0.4 is 9.47 Å². The first kappa shape index (κ1) is 23.3. The van der Waals surface area contributed by atoms with Crippen LogP contribution in [0.5, 0.6) is 11.5 Å². The van der Waals surface area contributed by atoms with Gasteiger partial charge in [-0.25, -0.2) is 0 Å². The normalized spacial score (nSPS) is 12.5. The van der Waals surface area contributed by atoms with Crippen LogP contribution in [0, 0.1) is 11.8 Å². The quantitative estimate of drug-likeness (QED) is 0.520. The summed E-state index contributed by atoms with van der Waals surface area (Å²) in [4.78, 5) is 24.5. The minimum atomic E-state index is -0.393. The molecule has 0 saturated heterocycles. The molecule has 2 rings (SSSR count). The van der Waals surface area contributed by atoms with Crippen molar-refractivity contribution < 1.29 is 28.5 Å². The highest BCUT2D eigenvalue weighted by Crippen LogP contribution is 2.29. The van der Waals surface area contributed by atoms with Crippen LogP contribution in [0.1, 0.15) is 24.0 Å². The van der Waals surface area contributed by atoms with E-state index >= 15 is 0 Å². The van der Waals surface area contributed by atoms with Gasteiger partial charge in [0.15, 0.2) is 0 Å². The number of hydrogen-bond acceptors (Lipinski definition) is 6. The van der Waals surface area contributed by atoms with Crippen molar-refractivity contribution in [1.29, 1.82) is 0 Å². The van der Waals surface area contributed by atoms with E-state index in [4.69, 9.17) is 18.9 Å². The number of ether oxygens (including phenoxy) is 4. The molecule has 30 heavy (non-hydrogen) atoms. The highest BCUT2D eigenvalue weighted by molar-refractivity contribution is 5.73. The Morgan fingerprint density at radius 1 is 0.733 bits per heavy atom. The summed E-state index contributed by atoms with van der Waals surface area (Å²) in [5.41, 5.74) is 2.07. The molecule has 6 nitrogen and oxygen atoms in total. The Hall–Kier alpha value is -3.02. The maximum Gasteiger partial charge on any atom is 0.309 e. The fourth-order valence-electron chi connectivity index (χ4n) is 3.52. The second-order valence-electron chi connectivity index (χ2n) is 7.11. The molecule has 0 aromatic heterocycles. The van der Waals surface area contributed by atoms with Gasteiger partial charge in [0.1, 0.15) is 11.5 Å². The van der Waals surface area contributed by atoms with Gasteiger partial charge in [0.05, 0.1) is 34.4 Å². The molecule has 0 amide bonds. The molecule has 2 atom stereocenters. The first-order valence-corrected chi connectivity index (χ1v) is 9.91. The van der Waals surface area contributed by atoms with E-state index in [1.54, 1.807) is 14.2 Å². The zero-order chi connectivity index (χ0) is 21.9. The van der Waals surface area contributed by atoms with Gasteiger partial charge in [0.2, 0.25) is 0 Å². The van der Waals surface area contributed by atoms with Crippen molar-refractivity contribution in [3.05, 3.63) is 59.7 Å². The van der Waals surface area contributed by atoms with Crippen molar-refractivity contribution in [2.45, 2.75) is 25.7 Å². The number of rotatable bonds is 11. The summed E-state index contributed by atoms with van der Waals surface area (Å²) in [6, 6.07) is 15.4. The van der Waals surface area contributed by atoms with Crippen molar-refractivity contribution in [3.8, 4) is 11.5 Å². The summed E-state index contributed by atoms with van der Waals surface area (Å²) in [5.74, 6) is 0.473. The molecule has 0 unspecified atom stereocenters. The van der Waals surface area contributed by atoms with Crippen molar-refractivity contribution in [1.82, 2.24) is 0 Å². The molecule has 0 heterocycles. The predicted molar refractivity (Wildman–Crippen MR) is 114 cm³/mol. The van der Waals surface area contributed by atoms with Crippen molar-refractivity contribution in [2.24, 2.45) is 11.8 Å². The molecule has 0 aliphatic heterocycles. The topological polar surface area (TPSA) is 71.1 Å². The fraction of sp³-hybridized carbons (Fsp3) is 0.417. The lowest BCUT2D eigenvalue weighted by Gasteiger charge is -2.25. The van der Waals surface area contributed by atoms with Gasteiger partial charge in [-0.2, -0.15) is 0 Å². The number of methoxy groups -OCH3 is 4. The molecule has 0 spiro atoms. The van der Waals surface area contributed by atoms with Gasteiger partial charge in [-0.05, 0) is 60.6 Å². The van der Waals surface area contributed by atoms with Gasteiger partial charge < -0.3 is 18.9 Å². The van der Waals surface area contributed by atoms with Gasteiger partial charge in [-0.1, -0.05) is 24.3 Å². The van der Waals surface area contributed by atoms with E-state index in [1.807, 2.05) is 48.5 Å². The molecular weight excluding hydrogens is 384 g/mol. The molecule has 0 aliphatic rings. The Bertz CT molecular complexity index is 797. The van der Waals surface area contributed by atoms with Crippen molar-refractivity contribution in [2.75, 3.05) is 28.4 Å². The molecule has 0 radical (unpaired) electrons. The van der Waals surface area contributed by atoms with E-state index in [1.165, 1.54) is 14.2 Å². The lowest BCUT2D eigenvalue weighted by atomic mass is 9.80. The average Bonchev–Trinajstić information content (AvgIpc) is 2.80. The van der Waals surface area contributed by atoms with Gasteiger partial charge in [-0.3, -0.25) is 9.59 Å². The van der Waals surface area contributed by atoms with Crippen LogP contribution in [-0.4, -0.2) is 40.4 Å². The van der Waals surface area contributed by atoms with E-state index in [0.717, 1.165) is 22.6 Å². The molecule has 162 valence electrons. The summed E-state index contributed by atoms with van der Waals surface area (Å²) < 4.78 is 20.4. The maximum absolute atomic E-state index is 12.7. The zero-order valence-corrected chi connectivity index (χ0v) is 18.1. The molecule has 0 saturated carbocycles. The molecule has 2 aromatic carbocycles. The monoisotopic (exact) mass is 414 g/mol. The molecule has 2 aromatic rings. The third-order valence-electron chi connectivity index (χ3n) is 5.29. The van der Waals surface area contributed by atoms with E-state index in [2.05, 4.69) is 0 Å². The van der Waals surface area contributed by atoms with E-state index in [-0.39, 0.29) is 24.3 Å². The van der Waals surface area contributed by atoms with Gasteiger partial charge >= 0.3 is 11.9 Å². The molecular formula is C24H30O6. The minimum absolute atomic E-state index is 0.0907. The summed E-state index contributed by atoms with van der Waals surface area (Å²) >= 11 is 0. The lowest BCUT2D eigenvalue weighted by molar-refractivity contribution is -0.148. The minimum Gasteiger partial charge on any atom is -0.497 e. The molecule has 0 fully saturated rings. The number of hydrogen-bond donors (Lipinski definition) is 0. The Kier molecular flexibility index (Phi) is 9.19. The number of benzene rings is 2. The van der Waals surface area contributed by atoms with Crippen LogP contribution in [0.25, 0.3) is 0 Å². The summed E-state index contributed by atoms with van der Waals surface area (Å²) in [6.07, 6.45) is 1.91. The van der Waals surface area contributed by atoms with Crippen LogP contribution in [0.3, 0.4) is 0 Å². The van der Waals surface area contributed by atoms with Crippen LogP contribution >= 0.6 is 0 Å². The van der Waals surface area contributed by atoms with Crippen LogP contribution in [0.15, 0.2) is 48.5 Å². The Morgan fingerprint density at radius 2 is 1.23 bits per heavy atom. The molecule has 0 bridgehead atoms. The average molecular weight is 414 g/mol. The van der Waals surface area contributed by atoms with Crippen LogP contribution in [-0.2, 0) is 31.9 Å². The number of carbonyl (C=O) groups is 2. The first-order valence-electron chi connectivity index (χ1n) is 9.91. The highest BCUT2D eigenvalue weighted by atomic mass is 16.5. The van der Waals surface area contributed by atoms with Crippen LogP contribution in [0.2, 0.25) is 0 Å². The number of carbonyl (C=O) groups excluding carboxylic acids is 2. The fourth-order valence-corrected chi connectivity index (χ4v) is 3.52. The summed E-state index contributed by atoms with van der Waals surface area (Å²) in [5, 5.41) is 0. The third kappa shape index (κ3) is 6.79. The maximum atomic E-state index is 12.7. The lowest BCUT2D eigenvalue weighted by Crippen LogP contribution is -2.29. The Balaban J connectivity index is 2.26. The van der Waals surface area contributed by atoms with E-state index < -0.39 is 5.92 Å². The summed E-state index contributed by atoms with van der Waals surface area (Å²) in [6.45, 7) is 0. The predicted octanol–water partition coefficient (Wildman–Crippen LogP) is 3.85. The van der Waals surface area contributed by atoms with Crippen molar-refractivity contribution in [3.63, 3.8) is 0 Å². The largest absolute Gasteiger partial charge is 0.497 e. The van der Waals surface area contributed by atoms with E-state index in [9.17, 15) is 9.59 Å². The standard InChI is InChI=1S/C24H30O6/c1-27-20-10-5-17(6-11-20)15-19(9-14-23(25)29-3)22(24(26)30-4)16-18-7-12-21(28-2)13-8-18/h5-8,10-13,19,22H,9,14-16H2,1-4H3/t19-,22-/m1/s1. The number of esters is 2. The molecule has 0 aliphatic carbocycles. The SMILES string of the molecule is COC(=O)CC[C@H](Cc1ccc(OC)cc1)[C@@H](Cc1ccc(OC)cc1)C(=O)OC. The zero-order valence-electron chi connectivity index (χ0n) is 18.1. The highest BCUT2D eigenvalue weighted by Gasteiger charge is 2.30. The molecule has 0 N–H and O–H groups in total. The second kappa shape index (κ2) is 11.9. The first-order chi connectivity index (χ1) is 14.5. The smallest absolute Gasteiger partial charge is 0.309 e. The molecule has 6 heteroatoms. The second-order valence-corrected chi connectivity index (χ2v) is 7.11. The van der Waals surface area contributed by atoms with Crippen LogP contribution in [0.4, 0.5) is 0 Å². The third-order valence-corrected chi connectivity index (χ3v) is 5.29. The van der Waals surface area contributed by atoms with Gasteiger partial charge in [0, 0.05) is 6.42 Å².